The number of aromatic nitrogens is 1. The van der Waals surface area contributed by atoms with Crippen LogP contribution in [0.3, 0.4) is 0 Å². The number of rotatable bonds is 6. The van der Waals surface area contributed by atoms with E-state index in [1.54, 1.807) is 12.1 Å². The van der Waals surface area contributed by atoms with E-state index in [4.69, 9.17) is 9.84 Å². The lowest BCUT2D eigenvalue weighted by Crippen LogP contribution is -2.00. The largest absolute Gasteiger partial charge is 0.478 e. The maximum Gasteiger partial charge on any atom is 0.337 e. The summed E-state index contributed by atoms with van der Waals surface area (Å²) in [6, 6.07) is 3.32. The van der Waals surface area contributed by atoms with Crippen LogP contribution >= 0.6 is 0 Å². The summed E-state index contributed by atoms with van der Waals surface area (Å²) in [5, 5.41) is 8.66. The zero-order valence-electron chi connectivity index (χ0n) is 8.77. The molecular weight excluding hydrogens is 194 g/mol. The number of ether oxygens (including phenoxy) is 1. The van der Waals surface area contributed by atoms with Crippen molar-refractivity contribution < 1.29 is 14.6 Å². The molecule has 0 unspecified atom stereocenters. The second-order valence-electron chi connectivity index (χ2n) is 3.14. The number of hydrogen-bond donors (Lipinski definition) is 1. The lowest BCUT2D eigenvalue weighted by molar-refractivity contribution is 0.0696. The van der Waals surface area contributed by atoms with Gasteiger partial charge in [0.15, 0.2) is 0 Å². The summed E-state index contributed by atoms with van der Waals surface area (Å²) >= 11 is 0. The van der Waals surface area contributed by atoms with Crippen molar-refractivity contribution >= 4 is 5.97 Å². The summed E-state index contributed by atoms with van der Waals surface area (Å²) in [7, 11) is 0. The van der Waals surface area contributed by atoms with Gasteiger partial charge in [-0.15, -0.1) is 0 Å². The second kappa shape index (κ2) is 6.14. The fraction of sp³-hybridized carbons (Fsp3) is 0.455. The fourth-order valence-corrected chi connectivity index (χ4v) is 1.20. The molecule has 0 fully saturated rings. The minimum Gasteiger partial charge on any atom is -0.478 e. The van der Waals surface area contributed by atoms with E-state index in [1.165, 1.54) is 6.20 Å². The van der Waals surface area contributed by atoms with Crippen LogP contribution < -0.4 is 0 Å². The maximum atomic E-state index is 10.6. The molecule has 0 saturated carbocycles. The minimum atomic E-state index is -0.941. The van der Waals surface area contributed by atoms with Gasteiger partial charge in [-0.05, 0) is 31.9 Å². The first-order valence-electron chi connectivity index (χ1n) is 5.00. The summed E-state index contributed by atoms with van der Waals surface area (Å²) in [6.07, 6.45) is 3.12. The highest BCUT2D eigenvalue weighted by molar-refractivity contribution is 5.87. The Labute approximate surface area is 88.9 Å². The molecule has 4 nitrogen and oxygen atoms in total. The van der Waals surface area contributed by atoms with E-state index in [0.717, 1.165) is 31.7 Å². The first-order valence-corrected chi connectivity index (χ1v) is 5.00. The molecule has 1 aromatic rings. The van der Waals surface area contributed by atoms with Crippen LogP contribution in [-0.4, -0.2) is 29.3 Å². The quantitative estimate of drug-likeness (QED) is 0.725. The molecule has 0 saturated heterocycles. The number of pyridine rings is 1. The van der Waals surface area contributed by atoms with Crippen LogP contribution in [0.2, 0.25) is 0 Å². The van der Waals surface area contributed by atoms with Crippen LogP contribution in [0.1, 0.15) is 29.4 Å². The van der Waals surface area contributed by atoms with Gasteiger partial charge in [-0.2, -0.15) is 0 Å². The van der Waals surface area contributed by atoms with Crippen molar-refractivity contribution in [2.45, 2.75) is 19.8 Å². The molecule has 0 aliphatic heterocycles. The van der Waals surface area contributed by atoms with Gasteiger partial charge in [-0.1, -0.05) is 0 Å². The Morgan fingerprint density at radius 3 is 2.87 bits per heavy atom. The van der Waals surface area contributed by atoms with Crippen molar-refractivity contribution in [3.63, 3.8) is 0 Å². The zero-order chi connectivity index (χ0) is 11.1. The molecule has 1 N–H and O–H groups in total. The summed E-state index contributed by atoms with van der Waals surface area (Å²) < 4.78 is 5.20. The number of carboxylic acids is 1. The van der Waals surface area contributed by atoms with Crippen LogP contribution in [0.25, 0.3) is 0 Å². The molecule has 0 radical (unpaired) electrons. The smallest absolute Gasteiger partial charge is 0.337 e. The van der Waals surface area contributed by atoms with Gasteiger partial charge in [-0.3, -0.25) is 4.98 Å². The molecule has 1 rings (SSSR count). The van der Waals surface area contributed by atoms with E-state index >= 15 is 0 Å². The van der Waals surface area contributed by atoms with Crippen molar-refractivity contribution in [1.82, 2.24) is 4.98 Å². The van der Waals surface area contributed by atoms with Gasteiger partial charge in [0.2, 0.25) is 0 Å². The molecule has 15 heavy (non-hydrogen) atoms. The lowest BCUT2D eigenvalue weighted by Gasteiger charge is -2.01. The van der Waals surface area contributed by atoms with E-state index in [2.05, 4.69) is 4.98 Å². The van der Waals surface area contributed by atoms with Crippen LogP contribution in [0.5, 0.6) is 0 Å². The van der Waals surface area contributed by atoms with Crippen molar-refractivity contribution in [2.24, 2.45) is 0 Å². The van der Waals surface area contributed by atoms with Crippen LogP contribution in [0.15, 0.2) is 18.3 Å². The zero-order valence-corrected chi connectivity index (χ0v) is 8.77. The van der Waals surface area contributed by atoms with Gasteiger partial charge in [-0.25, -0.2) is 4.79 Å². The van der Waals surface area contributed by atoms with E-state index in [1.807, 2.05) is 6.92 Å². The van der Waals surface area contributed by atoms with Crippen molar-refractivity contribution in [3.05, 3.63) is 29.6 Å². The number of aromatic carboxylic acids is 1. The molecule has 0 atom stereocenters. The van der Waals surface area contributed by atoms with Gasteiger partial charge >= 0.3 is 5.97 Å². The third kappa shape index (κ3) is 4.08. The SMILES string of the molecule is CCOCCCc1ccc(C(=O)O)cn1. The number of nitrogens with zero attached hydrogens (tertiary/aromatic N) is 1. The lowest BCUT2D eigenvalue weighted by atomic mass is 10.2. The average molecular weight is 209 g/mol. The number of hydrogen-bond acceptors (Lipinski definition) is 3. The van der Waals surface area contributed by atoms with Gasteiger partial charge in [0.05, 0.1) is 5.56 Å². The Hall–Kier alpha value is -1.42. The van der Waals surface area contributed by atoms with Crippen molar-refractivity contribution in [1.29, 1.82) is 0 Å². The predicted octanol–water partition coefficient (Wildman–Crippen LogP) is 1.75. The highest BCUT2D eigenvalue weighted by Gasteiger charge is 2.02. The maximum absolute atomic E-state index is 10.6. The number of carboxylic acid groups (broad SMARTS) is 1. The molecule has 0 bridgehead atoms. The number of aryl methyl sites for hydroxylation is 1. The Balaban J connectivity index is 2.39. The Kier molecular flexibility index (Phi) is 4.77. The van der Waals surface area contributed by atoms with Crippen LogP contribution in [-0.2, 0) is 11.2 Å². The Bertz CT molecular complexity index is 308. The molecular formula is C11H15NO3. The summed E-state index contributed by atoms with van der Waals surface area (Å²) in [4.78, 5) is 14.6. The Morgan fingerprint density at radius 2 is 2.33 bits per heavy atom. The van der Waals surface area contributed by atoms with Gasteiger partial charge in [0.1, 0.15) is 0 Å². The normalized spacial score (nSPS) is 10.2. The fourth-order valence-electron chi connectivity index (χ4n) is 1.20. The monoisotopic (exact) mass is 209 g/mol. The van der Waals surface area contributed by atoms with E-state index in [0.29, 0.717) is 0 Å². The molecule has 82 valence electrons. The number of carbonyl (C=O) groups is 1. The highest BCUT2D eigenvalue weighted by Crippen LogP contribution is 2.03. The molecule has 0 aromatic carbocycles. The molecule has 0 aliphatic rings. The standard InChI is InChI=1S/C11H15NO3/c1-2-15-7-3-4-10-6-5-9(8-12-10)11(13)14/h5-6,8H,2-4,7H2,1H3,(H,13,14). The molecule has 1 heterocycles. The minimum absolute atomic E-state index is 0.226. The average Bonchev–Trinajstić information content (AvgIpc) is 2.25. The third-order valence-corrected chi connectivity index (χ3v) is 2.00. The summed E-state index contributed by atoms with van der Waals surface area (Å²) in [5.74, 6) is -0.941. The van der Waals surface area contributed by atoms with E-state index < -0.39 is 5.97 Å². The predicted molar refractivity (Wildman–Crippen MR) is 56.0 cm³/mol. The van der Waals surface area contributed by atoms with Gasteiger partial charge in [0.25, 0.3) is 0 Å². The van der Waals surface area contributed by atoms with Crippen LogP contribution in [0, 0.1) is 0 Å². The van der Waals surface area contributed by atoms with Gasteiger partial charge < -0.3 is 9.84 Å². The van der Waals surface area contributed by atoms with Crippen LogP contribution in [0.4, 0.5) is 0 Å². The third-order valence-electron chi connectivity index (χ3n) is 2.00. The summed E-state index contributed by atoms with van der Waals surface area (Å²) in [6.45, 7) is 3.41. The Morgan fingerprint density at radius 1 is 1.53 bits per heavy atom. The second-order valence-corrected chi connectivity index (χ2v) is 3.14. The highest BCUT2D eigenvalue weighted by atomic mass is 16.5. The van der Waals surface area contributed by atoms with Crippen molar-refractivity contribution in [3.8, 4) is 0 Å². The first kappa shape index (κ1) is 11.7. The molecule has 4 heteroatoms. The molecule has 0 amide bonds. The van der Waals surface area contributed by atoms with Gasteiger partial charge in [0, 0.05) is 25.1 Å². The van der Waals surface area contributed by atoms with E-state index in [-0.39, 0.29) is 5.56 Å². The van der Waals surface area contributed by atoms with E-state index in [9.17, 15) is 4.79 Å². The molecule has 1 aromatic heterocycles. The van der Waals surface area contributed by atoms with Crippen molar-refractivity contribution in [2.75, 3.05) is 13.2 Å². The summed E-state index contributed by atoms with van der Waals surface area (Å²) in [5.41, 5.74) is 1.13. The molecule has 0 aliphatic carbocycles. The topological polar surface area (TPSA) is 59.4 Å². The first-order chi connectivity index (χ1) is 7.24. The molecule has 0 spiro atoms.